The fraction of sp³-hybridized carbons (Fsp3) is 0.500. The van der Waals surface area contributed by atoms with Crippen LogP contribution >= 0.6 is 0 Å². The molecule has 2 unspecified atom stereocenters. The number of hydrogen-bond acceptors (Lipinski definition) is 5. The highest BCUT2D eigenvalue weighted by atomic mass is 16.5. The van der Waals surface area contributed by atoms with Gasteiger partial charge in [-0.1, -0.05) is 0 Å². The van der Waals surface area contributed by atoms with Crippen LogP contribution in [-0.4, -0.2) is 59.5 Å². The number of amides is 1. The summed E-state index contributed by atoms with van der Waals surface area (Å²) in [6.45, 7) is 2.80. The Balaban J connectivity index is 1.98. The number of aromatic hydroxyl groups is 1. The zero-order valence-corrected chi connectivity index (χ0v) is 11.4. The van der Waals surface area contributed by atoms with Crippen molar-refractivity contribution in [3.63, 3.8) is 0 Å². The number of phenols is 1. The average molecular weight is 281 g/mol. The second-order valence-electron chi connectivity index (χ2n) is 4.70. The third-order valence-electron chi connectivity index (χ3n) is 3.22. The molecule has 6 nitrogen and oxygen atoms in total. The Morgan fingerprint density at radius 2 is 2.20 bits per heavy atom. The Hall–Kier alpha value is -1.79. The first kappa shape index (κ1) is 14.6. The van der Waals surface area contributed by atoms with Crippen LogP contribution in [-0.2, 0) is 9.53 Å². The molecule has 0 saturated carbocycles. The van der Waals surface area contributed by atoms with Gasteiger partial charge < -0.3 is 24.6 Å². The summed E-state index contributed by atoms with van der Waals surface area (Å²) in [5.74, 6) is 0.475. The largest absolute Gasteiger partial charge is 0.508 e. The Kier molecular flexibility index (Phi) is 4.81. The minimum atomic E-state index is -0.660. The molecular formula is C14H19NO5. The molecule has 0 bridgehead atoms. The van der Waals surface area contributed by atoms with Gasteiger partial charge in [-0.15, -0.1) is 0 Å². The van der Waals surface area contributed by atoms with Crippen molar-refractivity contribution in [3.8, 4) is 11.5 Å². The van der Waals surface area contributed by atoms with Crippen LogP contribution in [0.1, 0.15) is 6.92 Å². The van der Waals surface area contributed by atoms with Crippen molar-refractivity contribution >= 4 is 5.91 Å². The van der Waals surface area contributed by atoms with Crippen molar-refractivity contribution < 1.29 is 24.5 Å². The van der Waals surface area contributed by atoms with Gasteiger partial charge in [0.2, 0.25) is 0 Å². The van der Waals surface area contributed by atoms with Crippen molar-refractivity contribution in [2.75, 3.05) is 26.4 Å². The normalized spacial score (nSPS) is 20.5. The minimum absolute atomic E-state index is 0.127. The first-order valence-electron chi connectivity index (χ1n) is 6.56. The van der Waals surface area contributed by atoms with E-state index >= 15 is 0 Å². The van der Waals surface area contributed by atoms with E-state index in [-0.39, 0.29) is 24.3 Å². The molecule has 1 aliphatic heterocycles. The van der Waals surface area contributed by atoms with E-state index in [4.69, 9.17) is 9.47 Å². The Morgan fingerprint density at radius 3 is 2.85 bits per heavy atom. The van der Waals surface area contributed by atoms with E-state index < -0.39 is 6.10 Å². The number of phenolic OH excluding ortho intramolecular Hbond substituents is 1. The Labute approximate surface area is 117 Å². The van der Waals surface area contributed by atoms with Crippen LogP contribution in [0.4, 0.5) is 0 Å². The van der Waals surface area contributed by atoms with Gasteiger partial charge in [0.15, 0.2) is 6.10 Å². The standard InChI is InChI=1S/C14H19NO5/c1-10(20-13-4-2-12(17)3-5-13)14(18)15-6-7-19-9-11(15)8-16/h2-5,10-11,16-17H,6-9H2,1H3. The van der Waals surface area contributed by atoms with Crippen LogP contribution in [0, 0.1) is 0 Å². The van der Waals surface area contributed by atoms with Crippen molar-refractivity contribution in [1.82, 2.24) is 4.90 Å². The summed E-state index contributed by atoms with van der Waals surface area (Å²) in [7, 11) is 0. The molecule has 1 heterocycles. The molecule has 1 aromatic carbocycles. The van der Waals surface area contributed by atoms with Gasteiger partial charge in [0.05, 0.1) is 25.9 Å². The van der Waals surface area contributed by atoms with Gasteiger partial charge >= 0.3 is 0 Å². The molecule has 2 N–H and O–H groups in total. The molecule has 2 atom stereocenters. The maximum Gasteiger partial charge on any atom is 0.263 e. The molecule has 1 saturated heterocycles. The molecule has 0 spiro atoms. The van der Waals surface area contributed by atoms with E-state index in [9.17, 15) is 15.0 Å². The number of aliphatic hydroxyl groups is 1. The second kappa shape index (κ2) is 6.58. The first-order chi connectivity index (χ1) is 9.61. The van der Waals surface area contributed by atoms with Crippen LogP contribution in [0.2, 0.25) is 0 Å². The van der Waals surface area contributed by atoms with Crippen molar-refractivity contribution in [2.45, 2.75) is 19.1 Å². The van der Waals surface area contributed by atoms with E-state index in [1.807, 2.05) is 0 Å². The lowest BCUT2D eigenvalue weighted by Gasteiger charge is -2.35. The minimum Gasteiger partial charge on any atom is -0.508 e. The maximum atomic E-state index is 12.3. The van der Waals surface area contributed by atoms with E-state index in [1.54, 1.807) is 24.0 Å². The molecule has 1 aliphatic rings. The fourth-order valence-corrected chi connectivity index (χ4v) is 2.11. The summed E-state index contributed by atoms with van der Waals surface area (Å²) >= 11 is 0. The van der Waals surface area contributed by atoms with Gasteiger partial charge in [-0.2, -0.15) is 0 Å². The molecule has 110 valence electrons. The van der Waals surface area contributed by atoms with Gasteiger partial charge in [0.25, 0.3) is 5.91 Å². The summed E-state index contributed by atoms with van der Waals surface area (Å²) in [5, 5.41) is 18.5. The zero-order chi connectivity index (χ0) is 14.5. The number of carbonyl (C=O) groups is 1. The predicted octanol–water partition coefficient (Wildman–Crippen LogP) is 0.379. The van der Waals surface area contributed by atoms with Crippen LogP contribution in [0.15, 0.2) is 24.3 Å². The molecular weight excluding hydrogens is 262 g/mol. The summed E-state index contributed by atoms with van der Waals surface area (Å²) in [6.07, 6.45) is -0.660. The lowest BCUT2D eigenvalue weighted by molar-refractivity contribution is -0.148. The number of rotatable bonds is 4. The van der Waals surface area contributed by atoms with Crippen LogP contribution < -0.4 is 4.74 Å². The number of ether oxygens (including phenoxy) is 2. The summed E-state index contributed by atoms with van der Waals surface area (Å²) in [5.41, 5.74) is 0. The van der Waals surface area contributed by atoms with E-state index in [0.29, 0.717) is 25.5 Å². The fourth-order valence-electron chi connectivity index (χ4n) is 2.11. The van der Waals surface area contributed by atoms with E-state index in [0.717, 1.165) is 0 Å². The monoisotopic (exact) mass is 281 g/mol. The Morgan fingerprint density at radius 1 is 1.50 bits per heavy atom. The number of carbonyl (C=O) groups excluding carboxylic acids is 1. The molecule has 1 amide bonds. The zero-order valence-electron chi connectivity index (χ0n) is 11.4. The molecule has 6 heteroatoms. The molecule has 0 radical (unpaired) electrons. The van der Waals surface area contributed by atoms with Gasteiger partial charge in [0, 0.05) is 6.54 Å². The summed E-state index contributed by atoms with van der Waals surface area (Å²) < 4.78 is 10.8. The molecule has 0 aromatic heterocycles. The SMILES string of the molecule is CC(Oc1ccc(O)cc1)C(=O)N1CCOCC1CO. The van der Waals surface area contributed by atoms with E-state index in [2.05, 4.69) is 0 Å². The molecule has 2 rings (SSSR count). The summed E-state index contributed by atoms with van der Waals surface area (Å²) in [6, 6.07) is 5.88. The summed E-state index contributed by atoms with van der Waals surface area (Å²) in [4.78, 5) is 13.9. The number of hydrogen-bond donors (Lipinski definition) is 2. The highest BCUT2D eigenvalue weighted by molar-refractivity contribution is 5.81. The predicted molar refractivity (Wildman–Crippen MR) is 71.6 cm³/mol. The topological polar surface area (TPSA) is 79.2 Å². The first-order valence-corrected chi connectivity index (χ1v) is 6.56. The number of benzene rings is 1. The lowest BCUT2D eigenvalue weighted by Crippen LogP contribution is -2.54. The van der Waals surface area contributed by atoms with Crippen molar-refractivity contribution in [3.05, 3.63) is 24.3 Å². The highest BCUT2D eigenvalue weighted by Crippen LogP contribution is 2.18. The Bertz CT molecular complexity index is 447. The van der Waals surface area contributed by atoms with E-state index in [1.165, 1.54) is 12.1 Å². The van der Waals surface area contributed by atoms with Gasteiger partial charge in [-0.05, 0) is 31.2 Å². The third-order valence-corrected chi connectivity index (χ3v) is 3.22. The smallest absolute Gasteiger partial charge is 0.263 e. The maximum absolute atomic E-state index is 12.3. The van der Waals surface area contributed by atoms with Crippen LogP contribution in [0.25, 0.3) is 0 Å². The van der Waals surface area contributed by atoms with Crippen LogP contribution in [0.3, 0.4) is 0 Å². The molecule has 1 fully saturated rings. The number of aliphatic hydroxyl groups excluding tert-OH is 1. The van der Waals surface area contributed by atoms with Crippen molar-refractivity contribution in [1.29, 1.82) is 0 Å². The van der Waals surface area contributed by atoms with Crippen molar-refractivity contribution in [2.24, 2.45) is 0 Å². The molecule has 0 aliphatic carbocycles. The molecule has 20 heavy (non-hydrogen) atoms. The van der Waals surface area contributed by atoms with Gasteiger partial charge in [0.1, 0.15) is 11.5 Å². The average Bonchev–Trinajstić information content (AvgIpc) is 2.48. The quantitative estimate of drug-likeness (QED) is 0.834. The molecule has 1 aromatic rings. The number of morpholine rings is 1. The number of nitrogens with zero attached hydrogens (tertiary/aromatic N) is 1. The van der Waals surface area contributed by atoms with Gasteiger partial charge in [-0.3, -0.25) is 4.79 Å². The van der Waals surface area contributed by atoms with Gasteiger partial charge in [-0.25, -0.2) is 0 Å². The second-order valence-corrected chi connectivity index (χ2v) is 4.70. The lowest BCUT2D eigenvalue weighted by atomic mass is 10.2. The van der Waals surface area contributed by atoms with Crippen LogP contribution in [0.5, 0.6) is 11.5 Å². The highest BCUT2D eigenvalue weighted by Gasteiger charge is 2.30. The third kappa shape index (κ3) is 3.40.